The van der Waals surface area contributed by atoms with Crippen LogP contribution in [0.5, 0.6) is 0 Å². The zero-order valence-electron chi connectivity index (χ0n) is 18.9. The molecular formula is C28H29N3O. The quantitative estimate of drug-likeness (QED) is 0.392. The van der Waals surface area contributed by atoms with Crippen molar-refractivity contribution in [1.29, 1.82) is 0 Å². The van der Waals surface area contributed by atoms with Crippen LogP contribution in [0.3, 0.4) is 0 Å². The third-order valence-corrected chi connectivity index (χ3v) is 5.60. The number of nitrogens with two attached hydrogens (primary N) is 1. The van der Waals surface area contributed by atoms with Gasteiger partial charge in [-0.25, -0.2) is 0 Å². The number of nitrogens with zero attached hydrogens (tertiary/aromatic N) is 2. The SMILES string of the molecule is C=C(N=O)c1ccc(-c2ccc(C)cc2)cc1N(CC)C(=C)c1cc(/C=C/N)ccc1C. The van der Waals surface area contributed by atoms with Crippen molar-refractivity contribution in [2.24, 2.45) is 10.9 Å². The van der Waals surface area contributed by atoms with E-state index in [1.807, 2.05) is 24.3 Å². The van der Waals surface area contributed by atoms with E-state index in [2.05, 4.69) is 86.5 Å². The van der Waals surface area contributed by atoms with Gasteiger partial charge in [0.1, 0.15) is 5.70 Å². The van der Waals surface area contributed by atoms with Crippen LogP contribution < -0.4 is 10.6 Å². The van der Waals surface area contributed by atoms with Crippen LogP contribution in [-0.4, -0.2) is 6.54 Å². The maximum Gasteiger partial charge on any atom is 0.110 e. The normalized spacial score (nSPS) is 10.8. The first-order chi connectivity index (χ1) is 15.4. The molecule has 3 aromatic carbocycles. The Morgan fingerprint density at radius 1 is 0.969 bits per heavy atom. The van der Waals surface area contributed by atoms with Crippen molar-refractivity contribution in [3.63, 3.8) is 0 Å². The molecule has 0 radical (unpaired) electrons. The molecule has 2 N–H and O–H groups in total. The van der Waals surface area contributed by atoms with Gasteiger partial charge in [0.25, 0.3) is 0 Å². The molecule has 0 amide bonds. The molecule has 4 nitrogen and oxygen atoms in total. The number of nitroso groups, excluding NO2 is 1. The molecule has 0 heterocycles. The molecular weight excluding hydrogens is 394 g/mol. The van der Waals surface area contributed by atoms with Crippen molar-refractivity contribution < 1.29 is 0 Å². The maximum atomic E-state index is 11.4. The third-order valence-electron chi connectivity index (χ3n) is 5.60. The number of hydrogen-bond acceptors (Lipinski definition) is 4. The first kappa shape index (κ1) is 22.8. The van der Waals surface area contributed by atoms with E-state index in [-0.39, 0.29) is 5.70 Å². The number of anilines is 1. The summed E-state index contributed by atoms with van der Waals surface area (Å²) in [7, 11) is 0. The van der Waals surface area contributed by atoms with Gasteiger partial charge < -0.3 is 10.6 Å². The van der Waals surface area contributed by atoms with Crippen LogP contribution >= 0.6 is 0 Å². The van der Waals surface area contributed by atoms with Gasteiger partial charge in [0.05, 0.1) is 5.69 Å². The van der Waals surface area contributed by atoms with E-state index < -0.39 is 0 Å². The van der Waals surface area contributed by atoms with Crippen LogP contribution in [-0.2, 0) is 0 Å². The summed E-state index contributed by atoms with van der Waals surface area (Å²) in [5, 5.41) is 3.11. The Balaban J connectivity index is 2.15. The lowest BCUT2D eigenvalue weighted by atomic mass is 9.97. The van der Waals surface area contributed by atoms with Crippen molar-refractivity contribution in [1.82, 2.24) is 0 Å². The summed E-state index contributed by atoms with van der Waals surface area (Å²) in [5.74, 6) is 0. The number of aryl methyl sites for hydroxylation is 2. The van der Waals surface area contributed by atoms with E-state index in [1.54, 1.807) is 0 Å². The molecule has 0 bridgehead atoms. The molecule has 0 saturated heterocycles. The molecule has 162 valence electrons. The standard InChI is InChI=1S/C28H29N3O/c1-6-31(22(5)27-17-23(15-16-29)10-9-20(27)3)28-18-25(13-14-26(28)21(4)30-32)24-11-7-19(2)8-12-24/h7-18H,4-6,29H2,1-3H3/b16-15+. The second-order valence-corrected chi connectivity index (χ2v) is 7.76. The van der Waals surface area contributed by atoms with Crippen LogP contribution in [0.25, 0.3) is 28.6 Å². The topological polar surface area (TPSA) is 58.7 Å². The molecule has 0 aliphatic carbocycles. The fraction of sp³-hybridized carbons (Fsp3) is 0.143. The van der Waals surface area contributed by atoms with Gasteiger partial charge in [0, 0.05) is 23.4 Å². The predicted molar refractivity (Wildman–Crippen MR) is 138 cm³/mol. The van der Waals surface area contributed by atoms with E-state index in [9.17, 15) is 4.91 Å². The minimum Gasteiger partial charge on any atom is -0.405 e. The Morgan fingerprint density at radius 2 is 1.66 bits per heavy atom. The van der Waals surface area contributed by atoms with Gasteiger partial charge in [-0.3, -0.25) is 0 Å². The zero-order chi connectivity index (χ0) is 23.3. The molecule has 0 aliphatic heterocycles. The molecule has 0 unspecified atom stereocenters. The highest BCUT2D eigenvalue weighted by Crippen LogP contribution is 2.36. The Kier molecular flexibility index (Phi) is 7.06. The summed E-state index contributed by atoms with van der Waals surface area (Å²) in [6.07, 6.45) is 3.38. The fourth-order valence-corrected chi connectivity index (χ4v) is 3.79. The largest absolute Gasteiger partial charge is 0.405 e. The minimum atomic E-state index is 0.193. The smallest absolute Gasteiger partial charge is 0.110 e. The lowest BCUT2D eigenvalue weighted by Crippen LogP contribution is -2.22. The highest BCUT2D eigenvalue weighted by Gasteiger charge is 2.19. The van der Waals surface area contributed by atoms with Crippen molar-refractivity contribution in [3.8, 4) is 11.1 Å². The fourth-order valence-electron chi connectivity index (χ4n) is 3.79. The summed E-state index contributed by atoms with van der Waals surface area (Å²) in [5.41, 5.74) is 14.6. The Hall–Kier alpha value is -3.92. The summed E-state index contributed by atoms with van der Waals surface area (Å²) < 4.78 is 0. The van der Waals surface area contributed by atoms with E-state index in [4.69, 9.17) is 5.73 Å². The lowest BCUT2D eigenvalue weighted by Gasteiger charge is -2.29. The van der Waals surface area contributed by atoms with Crippen molar-refractivity contribution in [3.05, 3.63) is 113 Å². The van der Waals surface area contributed by atoms with Crippen LogP contribution in [0.15, 0.2) is 85.2 Å². The number of rotatable bonds is 8. The van der Waals surface area contributed by atoms with E-state index in [0.29, 0.717) is 12.1 Å². The highest BCUT2D eigenvalue weighted by molar-refractivity contribution is 5.88. The van der Waals surface area contributed by atoms with Crippen LogP contribution in [0, 0.1) is 18.8 Å². The van der Waals surface area contributed by atoms with E-state index in [0.717, 1.165) is 39.2 Å². The van der Waals surface area contributed by atoms with Gasteiger partial charge >= 0.3 is 0 Å². The first-order valence-corrected chi connectivity index (χ1v) is 10.6. The maximum absolute atomic E-state index is 11.4. The molecule has 3 rings (SSSR count). The summed E-state index contributed by atoms with van der Waals surface area (Å²) in [6.45, 7) is 15.1. The van der Waals surface area contributed by atoms with Crippen LogP contribution in [0.1, 0.15) is 34.7 Å². The summed E-state index contributed by atoms with van der Waals surface area (Å²) in [4.78, 5) is 13.5. The van der Waals surface area contributed by atoms with E-state index >= 15 is 0 Å². The van der Waals surface area contributed by atoms with E-state index in [1.165, 1.54) is 11.8 Å². The van der Waals surface area contributed by atoms with Gasteiger partial charge in [-0.05, 0) is 78.7 Å². The monoisotopic (exact) mass is 423 g/mol. The average Bonchev–Trinajstić information content (AvgIpc) is 2.80. The first-order valence-electron chi connectivity index (χ1n) is 10.6. The van der Waals surface area contributed by atoms with Gasteiger partial charge in [-0.1, -0.05) is 61.2 Å². The molecule has 0 atom stereocenters. The molecule has 32 heavy (non-hydrogen) atoms. The van der Waals surface area contributed by atoms with Gasteiger partial charge in [-0.15, -0.1) is 4.91 Å². The highest BCUT2D eigenvalue weighted by atomic mass is 16.3. The van der Waals surface area contributed by atoms with Crippen molar-refractivity contribution >= 4 is 23.2 Å². The summed E-state index contributed by atoms with van der Waals surface area (Å²) >= 11 is 0. The Labute approximate surface area is 190 Å². The molecule has 4 heteroatoms. The molecule has 0 spiro atoms. The molecule has 3 aromatic rings. The Morgan fingerprint density at radius 3 is 2.28 bits per heavy atom. The van der Waals surface area contributed by atoms with Crippen molar-refractivity contribution in [2.45, 2.75) is 20.8 Å². The van der Waals surface area contributed by atoms with Crippen molar-refractivity contribution in [2.75, 3.05) is 11.4 Å². The lowest BCUT2D eigenvalue weighted by molar-refractivity contribution is 1.03. The molecule has 0 saturated carbocycles. The van der Waals surface area contributed by atoms with Gasteiger partial charge in [0.2, 0.25) is 0 Å². The van der Waals surface area contributed by atoms with Gasteiger partial charge in [-0.2, -0.15) is 0 Å². The van der Waals surface area contributed by atoms with Crippen LogP contribution in [0.4, 0.5) is 5.69 Å². The summed E-state index contributed by atoms with van der Waals surface area (Å²) in [6, 6.07) is 20.5. The molecule has 0 fully saturated rings. The predicted octanol–water partition coefficient (Wildman–Crippen LogP) is 7.13. The molecule has 0 aromatic heterocycles. The second kappa shape index (κ2) is 9.92. The Bertz CT molecular complexity index is 1190. The zero-order valence-corrected chi connectivity index (χ0v) is 18.9. The number of benzene rings is 3. The van der Waals surface area contributed by atoms with Crippen LogP contribution in [0.2, 0.25) is 0 Å². The number of hydrogen-bond donors (Lipinski definition) is 1. The van der Waals surface area contributed by atoms with Gasteiger partial charge in [0.15, 0.2) is 0 Å². The minimum absolute atomic E-state index is 0.193. The molecule has 0 aliphatic rings. The average molecular weight is 424 g/mol. The second-order valence-electron chi connectivity index (χ2n) is 7.76. The third kappa shape index (κ3) is 4.70.